The van der Waals surface area contributed by atoms with Gasteiger partial charge in [-0.1, -0.05) is 32.1 Å². The lowest BCUT2D eigenvalue weighted by Gasteiger charge is -2.24. The average Bonchev–Trinajstić information content (AvgIpc) is 2.54. The molecule has 0 radical (unpaired) electrons. The molecule has 4 atom stereocenters. The highest BCUT2D eigenvalue weighted by Gasteiger charge is 2.26. The molecule has 8 nitrogen and oxygen atoms in total. The van der Waals surface area contributed by atoms with Crippen LogP contribution in [0, 0.1) is 5.92 Å². The summed E-state index contributed by atoms with van der Waals surface area (Å²) in [6.07, 6.45) is 5.76. The number of aliphatic hydroxyl groups is 1. The fourth-order valence-corrected chi connectivity index (χ4v) is 2.12. The summed E-state index contributed by atoms with van der Waals surface area (Å²) in [6.45, 7) is 5.64. The van der Waals surface area contributed by atoms with Crippen LogP contribution in [0.4, 0.5) is 0 Å². The Morgan fingerprint density at radius 1 is 1.32 bits per heavy atom. The predicted molar refractivity (Wildman–Crippen MR) is 94.3 cm³/mol. The lowest BCUT2D eigenvalue weighted by molar-refractivity contribution is -0.130. The fourth-order valence-electron chi connectivity index (χ4n) is 2.12. The first kappa shape index (κ1) is 20.9. The van der Waals surface area contributed by atoms with Crippen molar-refractivity contribution in [2.24, 2.45) is 11.7 Å². The van der Waals surface area contributed by atoms with Gasteiger partial charge in [0.2, 0.25) is 17.7 Å². The summed E-state index contributed by atoms with van der Waals surface area (Å²) < 4.78 is 0. The van der Waals surface area contributed by atoms with Crippen LogP contribution < -0.4 is 21.7 Å². The second-order valence-electron chi connectivity index (χ2n) is 6.40. The van der Waals surface area contributed by atoms with Crippen molar-refractivity contribution in [1.29, 1.82) is 0 Å². The number of nitrogens with two attached hydrogens (primary N) is 1. The van der Waals surface area contributed by atoms with Gasteiger partial charge >= 0.3 is 0 Å². The Kier molecular flexibility index (Phi) is 8.30. The first-order valence-corrected chi connectivity index (χ1v) is 8.39. The van der Waals surface area contributed by atoms with E-state index in [9.17, 15) is 19.5 Å². The monoisotopic (exact) mass is 352 g/mol. The SMILES string of the molecule is CC(C)C1C=CC(=O)NCCC=CC(NC(=O)C(N)C(C)O)C(=O)N1. The van der Waals surface area contributed by atoms with E-state index < -0.39 is 30.0 Å². The van der Waals surface area contributed by atoms with Gasteiger partial charge in [0.05, 0.1) is 6.10 Å². The van der Waals surface area contributed by atoms with Crippen molar-refractivity contribution >= 4 is 17.7 Å². The molecule has 0 aromatic heterocycles. The van der Waals surface area contributed by atoms with Crippen molar-refractivity contribution in [1.82, 2.24) is 16.0 Å². The molecule has 0 bridgehead atoms. The molecule has 0 aromatic carbocycles. The van der Waals surface area contributed by atoms with E-state index in [1.165, 1.54) is 13.0 Å². The van der Waals surface area contributed by atoms with Crippen LogP contribution in [0.3, 0.4) is 0 Å². The Bertz CT molecular complexity index is 543. The summed E-state index contributed by atoms with van der Waals surface area (Å²) in [4.78, 5) is 36.3. The zero-order chi connectivity index (χ0) is 19.0. The molecule has 1 heterocycles. The molecule has 0 saturated heterocycles. The maximum atomic E-state index is 12.5. The van der Waals surface area contributed by atoms with Gasteiger partial charge in [-0.05, 0) is 19.3 Å². The van der Waals surface area contributed by atoms with Crippen molar-refractivity contribution in [3.63, 3.8) is 0 Å². The van der Waals surface area contributed by atoms with Crippen LogP contribution in [0.2, 0.25) is 0 Å². The van der Waals surface area contributed by atoms with E-state index in [0.29, 0.717) is 13.0 Å². The first-order chi connectivity index (χ1) is 11.7. The highest BCUT2D eigenvalue weighted by atomic mass is 16.3. The summed E-state index contributed by atoms with van der Waals surface area (Å²) in [5, 5.41) is 17.5. The Balaban J connectivity index is 2.95. The number of hydrogen-bond acceptors (Lipinski definition) is 5. The van der Waals surface area contributed by atoms with Gasteiger partial charge in [-0.25, -0.2) is 0 Å². The smallest absolute Gasteiger partial charge is 0.247 e. The van der Waals surface area contributed by atoms with Gasteiger partial charge in [-0.15, -0.1) is 0 Å². The Morgan fingerprint density at radius 3 is 2.60 bits per heavy atom. The summed E-state index contributed by atoms with van der Waals surface area (Å²) in [5.74, 6) is -1.19. The van der Waals surface area contributed by atoms with E-state index in [1.54, 1.807) is 18.2 Å². The van der Waals surface area contributed by atoms with Gasteiger partial charge in [0.15, 0.2) is 0 Å². The summed E-state index contributed by atoms with van der Waals surface area (Å²) in [7, 11) is 0. The van der Waals surface area contributed by atoms with Gasteiger partial charge < -0.3 is 26.8 Å². The number of aliphatic hydroxyl groups excluding tert-OH is 1. The van der Waals surface area contributed by atoms with Crippen LogP contribution in [-0.4, -0.2) is 53.6 Å². The number of nitrogens with one attached hydrogen (secondary N) is 3. The molecule has 0 fully saturated rings. The van der Waals surface area contributed by atoms with E-state index in [4.69, 9.17) is 5.73 Å². The standard InChI is InChI=1S/C17H28N4O4/c1-10(2)12-7-8-14(23)19-9-5-4-6-13(16(24)20-12)21-17(25)15(18)11(3)22/h4,6-8,10-13,15,22H,5,9,18H2,1-3H3,(H,19,23)(H,20,24)(H,21,25). The minimum Gasteiger partial charge on any atom is -0.391 e. The normalized spacial score (nSPS) is 24.6. The molecule has 4 unspecified atom stereocenters. The van der Waals surface area contributed by atoms with E-state index in [1.807, 2.05) is 13.8 Å². The van der Waals surface area contributed by atoms with Crippen molar-refractivity contribution < 1.29 is 19.5 Å². The molecule has 8 heteroatoms. The van der Waals surface area contributed by atoms with E-state index in [2.05, 4.69) is 16.0 Å². The van der Waals surface area contributed by atoms with E-state index in [0.717, 1.165) is 0 Å². The van der Waals surface area contributed by atoms with Gasteiger partial charge in [-0.2, -0.15) is 0 Å². The van der Waals surface area contributed by atoms with Crippen LogP contribution >= 0.6 is 0 Å². The van der Waals surface area contributed by atoms with Gasteiger partial charge in [0, 0.05) is 18.7 Å². The molecule has 140 valence electrons. The third-order valence-corrected chi connectivity index (χ3v) is 3.82. The van der Waals surface area contributed by atoms with Crippen molar-refractivity contribution in [3.8, 4) is 0 Å². The predicted octanol–water partition coefficient (Wildman–Crippen LogP) is -1.05. The Morgan fingerprint density at radius 2 is 2.00 bits per heavy atom. The van der Waals surface area contributed by atoms with E-state index >= 15 is 0 Å². The molecule has 25 heavy (non-hydrogen) atoms. The Hall–Kier alpha value is -2.19. The molecule has 6 N–H and O–H groups in total. The van der Waals surface area contributed by atoms with Gasteiger partial charge in [0.1, 0.15) is 12.1 Å². The van der Waals surface area contributed by atoms with Gasteiger partial charge in [-0.3, -0.25) is 14.4 Å². The summed E-state index contributed by atoms with van der Waals surface area (Å²) in [5.41, 5.74) is 5.61. The van der Waals surface area contributed by atoms with Crippen molar-refractivity contribution in [2.45, 2.75) is 51.4 Å². The molecule has 1 rings (SSSR count). The number of amides is 3. The second-order valence-corrected chi connectivity index (χ2v) is 6.40. The zero-order valence-electron chi connectivity index (χ0n) is 14.9. The number of carbonyl (C=O) groups is 3. The molecule has 1 aliphatic rings. The van der Waals surface area contributed by atoms with Crippen molar-refractivity contribution in [2.75, 3.05) is 6.54 Å². The molecule has 0 aliphatic carbocycles. The molecule has 0 spiro atoms. The number of rotatable bonds is 4. The summed E-state index contributed by atoms with van der Waals surface area (Å²) in [6, 6.07) is -2.40. The molecule has 0 saturated carbocycles. The quantitative estimate of drug-likeness (QED) is 0.412. The van der Waals surface area contributed by atoms with Crippen LogP contribution in [0.15, 0.2) is 24.3 Å². The van der Waals surface area contributed by atoms with Crippen LogP contribution in [-0.2, 0) is 14.4 Å². The third-order valence-electron chi connectivity index (χ3n) is 3.82. The highest BCUT2D eigenvalue weighted by molar-refractivity contribution is 5.92. The lowest BCUT2D eigenvalue weighted by atomic mass is 10.0. The molecular formula is C17H28N4O4. The minimum absolute atomic E-state index is 0.0518. The molecule has 1 aliphatic heterocycles. The second kappa shape index (κ2) is 9.95. The van der Waals surface area contributed by atoms with Crippen LogP contribution in [0.1, 0.15) is 27.2 Å². The molecular weight excluding hydrogens is 324 g/mol. The molecule has 3 amide bonds. The minimum atomic E-state index is -1.12. The summed E-state index contributed by atoms with van der Waals surface area (Å²) >= 11 is 0. The average molecular weight is 352 g/mol. The number of carbonyl (C=O) groups excluding carboxylic acids is 3. The maximum absolute atomic E-state index is 12.5. The lowest BCUT2D eigenvalue weighted by Crippen LogP contribution is -2.55. The third kappa shape index (κ3) is 7.06. The Labute approximate surface area is 147 Å². The largest absolute Gasteiger partial charge is 0.391 e. The fraction of sp³-hybridized carbons (Fsp3) is 0.588. The number of hydrogen-bond donors (Lipinski definition) is 5. The van der Waals surface area contributed by atoms with Crippen molar-refractivity contribution in [3.05, 3.63) is 24.3 Å². The maximum Gasteiger partial charge on any atom is 0.247 e. The topological polar surface area (TPSA) is 134 Å². The zero-order valence-corrected chi connectivity index (χ0v) is 14.9. The molecule has 0 aromatic rings. The van der Waals surface area contributed by atoms with Crippen LogP contribution in [0.25, 0.3) is 0 Å². The highest BCUT2D eigenvalue weighted by Crippen LogP contribution is 2.05. The van der Waals surface area contributed by atoms with Gasteiger partial charge in [0.25, 0.3) is 0 Å². The van der Waals surface area contributed by atoms with Crippen LogP contribution in [0.5, 0.6) is 0 Å². The first-order valence-electron chi connectivity index (χ1n) is 8.39. The van der Waals surface area contributed by atoms with E-state index in [-0.39, 0.29) is 17.9 Å².